The van der Waals surface area contributed by atoms with Crippen LogP contribution in [0, 0.1) is 0 Å². The molecule has 1 aliphatic rings. The van der Waals surface area contributed by atoms with Gasteiger partial charge in [0.25, 0.3) is 0 Å². The van der Waals surface area contributed by atoms with Gasteiger partial charge in [0.05, 0.1) is 23.5 Å². The first-order chi connectivity index (χ1) is 9.69. The van der Waals surface area contributed by atoms with Gasteiger partial charge in [-0.2, -0.15) is 0 Å². The third-order valence-corrected chi connectivity index (χ3v) is 5.37. The summed E-state index contributed by atoms with van der Waals surface area (Å²) in [5.74, 6) is 0. The van der Waals surface area contributed by atoms with Gasteiger partial charge in [0.2, 0.25) is 9.76 Å². The molecule has 1 aromatic rings. The maximum Gasteiger partial charge on any atom is 0.236 e. The minimum absolute atomic E-state index is 0.148. The predicted molar refractivity (Wildman–Crippen MR) is 92.9 cm³/mol. The van der Waals surface area contributed by atoms with Crippen LogP contribution in [-0.4, -0.2) is 32.9 Å². The molecule has 2 radical (unpaired) electrons. The monoisotopic (exact) mass is 368 g/mol. The molecule has 5 heteroatoms. The van der Waals surface area contributed by atoms with Crippen molar-refractivity contribution in [1.29, 1.82) is 0 Å². The first-order valence-corrected chi connectivity index (χ1v) is 9.21. The quantitative estimate of drug-likeness (QED) is 0.734. The molecule has 0 spiro atoms. The molecule has 3 nitrogen and oxygen atoms in total. The highest BCUT2D eigenvalue weighted by molar-refractivity contribution is 9.10. The Morgan fingerprint density at radius 2 is 2.00 bits per heavy atom. The Morgan fingerprint density at radius 1 is 1.29 bits per heavy atom. The molecular weight excluding hydrogens is 344 g/mol. The summed E-state index contributed by atoms with van der Waals surface area (Å²) < 4.78 is 7.34. The maximum absolute atomic E-state index is 6.31. The Hall–Kier alpha value is -0.393. The highest BCUT2D eigenvalue weighted by Gasteiger charge is 2.39. The molecule has 0 unspecified atom stereocenters. The fraction of sp³-hybridized carbons (Fsp3) is 0.688. The molecule has 0 aliphatic carbocycles. The molecule has 0 saturated carbocycles. The van der Waals surface area contributed by atoms with Crippen molar-refractivity contribution in [3.63, 3.8) is 0 Å². The van der Waals surface area contributed by atoms with E-state index in [0.29, 0.717) is 15.8 Å². The van der Waals surface area contributed by atoms with E-state index in [1.54, 1.807) is 0 Å². The maximum atomic E-state index is 6.31. The first kappa shape index (κ1) is 17.0. The number of halogens is 1. The molecule has 1 saturated heterocycles. The van der Waals surface area contributed by atoms with Crippen LogP contribution in [0.4, 0.5) is 5.69 Å². The summed E-state index contributed by atoms with van der Waals surface area (Å²) in [5.41, 5.74) is 1.03. The Kier molecular flexibility index (Phi) is 5.16. The minimum Gasteiger partial charge on any atom is -0.410 e. The van der Waals surface area contributed by atoms with Crippen LogP contribution in [0.5, 0.6) is 0 Å². The summed E-state index contributed by atoms with van der Waals surface area (Å²) in [6.45, 7) is 12.2. The van der Waals surface area contributed by atoms with Gasteiger partial charge in [0, 0.05) is 17.2 Å². The number of anilines is 1. The predicted octanol–water partition coefficient (Wildman–Crippen LogP) is 4.45. The van der Waals surface area contributed by atoms with Gasteiger partial charge in [-0.3, -0.25) is 4.98 Å². The lowest BCUT2D eigenvalue weighted by Crippen LogP contribution is -2.49. The van der Waals surface area contributed by atoms with Gasteiger partial charge < -0.3 is 9.33 Å². The van der Waals surface area contributed by atoms with Crippen molar-refractivity contribution in [2.45, 2.75) is 64.1 Å². The van der Waals surface area contributed by atoms with Gasteiger partial charge in [-0.25, -0.2) is 0 Å². The van der Waals surface area contributed by atoms with E-state index >= 15 is 0 Å². The summed E-state index contributed by atoms with van der Waals surface area (Å²) in [7, 11) is 0.513. The van der Waals surface area contributed by atoms with Crippen LogP contribution in [0.2, 0.25) is 5.04 Å². The molecule has 0 amide bonds. The van der Waals surface area contributed by atoms with Gasteiger partial charge in [-0.05, 0) is 53.7 Å². The normalized spacial score (nSPS) is 20.1. The van der Waals surface area contributed by atoms with E-state index in [-0.39, 0.29) is 10.6 Å². The zero-order chi connectivity index (χ0) is 15.7. The standard InChI is InChI=1S/C16H25BrN2OSi/c1-15(2,3)21-20-16(4,5)14-7-6-8-19(14)13-9-12(17)10-18-11-13/h9-11,14H,6-8H2,1-5H3/t14-/m1/s1. The largest absolute Gasteiger partial charge is 0.410 e. The van der Waals surface area contributed by atoms with Crippen LogP contribution in [0.1, 0.15) is 47.5 Å². The summed E-state index contributed by atoms with van der Waals surface area (Å²) in [4.78, 5) is 6.75. The molecule has 0 bridgehead atoms. The number of nitrogens with zero attached hydrogens (tertiary/aromatic N) is 2. The average Bonchev–Trinajstić information content (AvgIpc) is 2.86. The van der Waals surface area contributed by atoms with E-state index in [0.717, 1.165) is 11.0 Å². The first-order valence-electron chi connectivity index (χ1n) is 7.51. The number of hydrogen-bond acceptors (Lipinski definition) is 3. The lowest BCUT2D eigenvalue weighted by Gasteiger charge is -2.40. The molecule has 1 atom stereocenters. The highest BCUT2D eigenvalue weighted by atomic mass is 79.9. The second kappa shape index (κ2) is 6.38. The number of rotatable bonds is 4. The van der Waals surface area contributed by atoms with Crippen LogP contribution in [0.15, 0.2) is 22.9 Å². The summed E-state index contributed by atoms with van der Waals surface area (Å²) in [5, 5.41) is 0.220. The van der Waals surface area contributed by atoms with Crippen molar-refractivity contribution in [2.24, 2.45) is 0 Å². The molecule has 1 aliphatic heterocycles. The third-order valence-electron chi connectivity index (χ3n) is 3.70. The van der Waals surface area contributed by atoms with Gasteiger partial charge in [0.15, 0.2) is 0 Å². The number of hydrogen-bond donors (Lipinski definition) is 0. The van der Waals surface area contributed by atoms with Crippen molar-refractivity contribution >= 4 is 31.4 Å². The summed E-state index contributed by atoms with van der Waals surface area (Å²) >= 11 is 3.52. The van der Waals surface area contributed by atoms with Gasteiger partial charge in [-0.1, -0.05) is 20.8 Å². The second-order valence-corrected chi connectivity index (χ2v) is 10.1. The lowest BCUT2D eigenvalue weighted by atomic mass is 9.96. The van der Waals surface area contributed by atoms with Gasteiger partial charge >= 0.3 is 0 Å². The molecule has 2 rings (SSSR count). The molecule has 2 heterocycles. The second-order valence-electron chi connectivity index (χ2n) is 7.27. The van der Waals surface area contributed by atoms with Crippen LogP contribution in [-0.2, 0) is 4.43 Å². The van der Waals surface area contributed by atoms with Crippen LogP contribution in [0.3, 0.4) is 0 Å². The van der Waals surface area contributed by atoms with Gasteiger partial charge in [0.1, 0.15) is 0 Å². The van der Waals surface area contributed by atoms with Crippen molar-refractivity contribution in [3.05, 3.63) is 22.9 Å². The van der Waals surface area contributed by atoms with E-state index in [9.17, 15) is 0 Å². The van der Waals surface area contributed by atoms with E-state index in [1.807, 2.05) is 12.4 Å². The molecule has 1 aromatic heterocycles. The van der Waals surface area contributed by atoms with E-state index in [2.05, 4.69) is 66.5 Å². The highest BCUT2D eigenvalue weighted by Crippen LogP contribution is 2.35. The van der Waals surface area contributed by atoms with Gasteiger partial charge in [-0.15, -0.1) is 0 Å². The smallest absolute Gasteiger partial charge is 0.236 e. The molecule has 116 valence electrons. The SMILES string of the molecule is CC(C)(C)[Si]OC(C)(C)[C@H]1CCCN1c1cncc(Br)c1. The zero-order valence-corrected chi connectivity index (χ0v) is 16.2. The number of aromatic nitrogens is 1. The average molecular weight is 369 g/mol. The summed E-state index contributed by atoms with van der Waals surface area (Å²) in [6.07, 6.45) is 6.17. The Morgan fingerprint density at radius 3 is 2.62 bits per heavy atom. The molecular formula is C16H25BrN2OSi. The molecule has 21 heavy (non-hydrogen) atoms. The van der Waals surface area contributed by atoms with E-state index in [1.165, 1.54) is 18.5 Å². The van der Waals surface area contributed by atoms with Crippen LogP contribution >= 0.6 is 15.9 Å². The fourth-order valence-electron chi connectivity index (χ4n) is 2.71. The minimum atomic E-state index is -0.148. The third kappa shape index (κ3) is 4.54. The van der Waals surface area contributed by atoms with E-state index in [4.69, 9.17) is 4.43 Å². The summed E-state index contributed by atoms with van der Waals surface area (Å²) in [6, 6.07) is 2.55. The fourth-order valence-corrected chi connectivity index (χ4v) is 3.77. The van der Waals surface area contributed by atoms with Crippen molar-refractivity contribution in [1.82, 2.24) is 4.98 Å². The zero-order valence-electron chi connectivity index (χ0n) is 13.6. The topological polar surface area (TPSA) is 25.4 Å². The van der Waals surface area contributed by atoms with Crippen molar-refractivity contribution < 1.29 is 4.43 Å². The molecule has 0 N–H and O–H groups in total. The molecule has 1 fully saturated rings. The van der Waals surface area contributed by atoms with Crippen LogP contribution in [0.25, 0.3) is 0 Å². The van der Waals surface area contributed by atoms with Crippen LogP contribution < -0.4 is 4.90 Å². The van der Waals surface area contributed by atoms with Crippen molar-refractivity contribution in [3.8, 4) is 0 Å². The Balaban J connectivity index is 2.14. The van der Waals surface area contributed by atoms with E-state index < -0.39 is 0 Å². The molecule has 0 aromatic carbocycles. The van der Waals surface area contributed by atoms with Crippen molar-refractivity contribution in [2.75, 3.05) is 11.4 Å². The number of pyridine rings is 1. The Labute approximate surface area is 139 Å². The Bertz CT molecular complexity index is 487. The lowest BCUT2D eigenvalue weighted by molar-refractivity contribution is 0.0812.